The molecule has 2 N–H and O–H groups in total. The van der Waals surface area contributed by atoms with Crippen LogP contribution in [0.3, 0.4) is 0 Å². The number of aliphatic hydroxyl groups excluding tert-OH is 1. The molecule has 6 atom stereocenters. The van der Waals surface area contributed by atoms with Gasteiger partial charge in [0, 0.05) is 44.3 Å². The van der Waals surface area contributed by atoms with Gasteiger partial charge in [-0.2, -0.15) is 0 Å². The molecule has 34 heavy (non-hydrogen) atoms. The molecule has 4 fully saturated rings. The summed E-state index contributed by atoms with van der Waals surface area (Å²) in [6.07, 6.45) is 13.6. The van der Waals surface area contributed by atoms with Crippen LogP contribution in [0.25, 0.3) is 0 Å². The van der Waals surface area contributed by atoms with Crippen LogP contribution >= 0.6 is 0 Å². The standard InChI is InChI=1S/C29H41N3O2/c1-27-11-8-22(33)19-21(27)6-7-23-24(27)9-12-28(2)25(23)10-13-29(28,34)20-31-15-17-32(18-16-31)26-5-3-4-14-30-26/h3-7,14,22,24-25,33-34H,8-13,15-20H2,1-2H3/t22-,24-,25-,27-,28-,29+/m0/s1. The van der Waals surface area contributed by atoms with Crippen LogP contribution in [0.2, 0.25) is 0 Å². The van der Waals surface area contributed by atoms with Gasteiger partial charge >= 0.3 is 0 Å². The number of hydrogen-bond acceptors (Lipinski definition) is 5. The molecule has 6 rings (SSSR count). The Morgan fingerprint density at radius 2 is 1.76 bits per heavy atom. The molecular weight excluding hydrogens is 422 g/mol. The van der Waals surface area contributed by atoms with Crippen LogP contribution in [0.4, 0.5) is 5.82 Å². The Bertz CT molecular complexity index is 984. The van der Waals surface area contributed by atoms with E-state index in [9.17, 15) is 10.2 Å². The lowest BCUT2D eigenvalue weighted by molar-refractivity contribution is -0.102. The van der Waals surface area contributed by atoms with E-state index in [1.807, 2.05) is 12.3 Å². The smallest absolute Gasteiger partial charge is 0.128 e. The fourth-order valence-electron chi connectivity index (χ4n) is 8.40. The summed E-state index contributed by atoms with van der Waals surface area (Å²) in [5.41, 5.74) is 2.59. The van der Waals surface area contributed by atoms with Gasteiger partial charge < -0.3 is 15.1 Å². The van der Waals surface area contributed by atoms with Crippen molar-refractivity contribution in [2.75, 3.05) is 37.6 Å². The van der Waals surface area contributed by atoms with Gasteiger partial charge in [-0.25, -0.2) is 4.98 Å². The predicted octanol–water partition coefficient (Wildman–Crippen LogP) is 4.18. The number of anilines is 1. The molecule has 0 bridgehead atoms. The Morgan fingerprint density at radius 3 is 2.53 bits per heavy atom. The fourth-order valence-corrected chi connectivity index (χ4v) is 8.40. The molecule has 1 aromatic rings. The van der Waals surface area contributed by atoms with Crippen molar-refractivity contribution in [3.63, 3.8) is 0 Å². The van der Waals surface area contributed by atoms with Crippen LogP contribution in [-0.4, -0.2) is 64.5 Å². The van der Waals surface area contributed by atoms with Gasteiger partial charge in [-0.3, -0.25) is 4.90 Å². The van der Waals surface area contributed by atoms with E-state index in [1.54, 1.807) is 5.57 Å². The summed E-state index contributed by atoms with van der Waals surface area (Å²) < 4.78 is 0. The van der Waals surface area contributed by atoms with Gasteiger partial charge in [0.2, 0.25) is 0 Å². The van der Waals surface area contributed by atoms with E-state index in [2.05, 4.69) is 52.9 Å². The summed E-state index contributed by atoms with van der Waals surface area (Å²) in [4.78, 5) is 9.38. The number of hydrogen-bond donors (Lipinski definition) is 2. The van der Waals surface area contributed by atoms with E-state index in [-0.39, 0.29) is 16.9 Å². The van der Waals surface area contributed by atoms with E-state index in [0.717, 1.165) is 77.1 Å². The summed E-state index contributed by atoms with van der Waals surface area (Å²) >= 11 is 0. The highest BCUT2D eigenvalue weighted by Crippen LogP contribution is 2.66. The second-order valence-corrected chi connectivity index (χ2v) is 12.3. The van der Waals surface area contributed by atoms with E-state index in [4.69, 9.17) is 0 Å². The van der Waals surface area contributed by atoms with Crippen molar-refractivity contribution < 1.29 is 10.2 Å². The van der Waals surface area contributed by atoms with Crippen molar-refractivity contribution in [3.05, 3.63) is 47.7 Å². The molecular formula is C29H41N3O2. The zero-order valence-corrected chi connectivity index (χ0v) is 20.9. The van der Waals surface area contributed by atoms with Gasteiger partial charge in [-0.15, -0.1) is 0 Å². The van der Waals surface area contributed by atoms with Crippen LogP contribution in [0, 0.1) is 22.7 Å². The maximum Gasteiger partial charge on any atom is 0.128 e. The first-order valence-corrected chi connectivity index (χ1v) is 13.5. The average molecular weight is 464 g/mol. The van der Waals surface area contributed by atoms with Crippen LogP contribution in [0.15, 0.2) is 47.7 Å². The molecule has 1 saturated heterocycles. The molecule has 1 aromatic heterocycles. The first-order valence-electron chi connectivity index (χ1n) is 13.5. The Kier molecular flexibility index (Phi) is 5.47. The number of β-amino-alcohol motifs (C(OH)–C–C–N with tert-alkyl or cyclic N) is 1. The molecule has 1 aliphatic heterocycles. The molecule has 0 spiro atoms. The number of piperazine rings is 1. The third kappa shape index (κ3) is 3.42. The van der Waals surface area contributed by atoms with Gasteiger partial charge in [0.05, 0.1) is 11.7 Å². The highest BCUT2D eigenvalue weighted by Gasteiger charge is 2.62. The molecule has 5 heteroatoms. The first-order chi connectivity index (χ1) is 16.3. The minimum Gasteiger partial charge on any atom is -0.393 e. The van der Waals surface area contributed by atoms with Crippen molar-refractivity contribution in [3.8, 4) is 0 Å². The molecule has 3 saturated carbocycles. The maximum atomic E-state index is 12.2. The van der Waals surface area contributed by atoms with Gasteiger partial charge in [0.25, 0.3) is 0 Å². The number of pyridine rings is 1. The van der Waals surface area contributed by atoms with Crippen molar-refractivity contribution in [1.82, 2.24) is 9.88 Å². The Morgan fingerprint density at radius 1 is 0.971 bits per heavy atom. The maximum absolute atomic E-state index is 12.2. The van der Waals surface area contributed by atoms with E-state index < -0.39 is 5.60 Å². The number of aliphatic hydroxyl groups is 2. The SMILES string of the molecule is C[C@]12CC[C@H](O)CC1=CC=C1[C@@H]2CC[C@@]2(C)[C@H]1CC[C@@]2(O)CN1CCN(c2ccccn2)CC1. The zero-order chi connectivity index (χ0) is 23.6. The lowest BCUT2D eigenvalue weighted by atomic mass is 9.50. The summed E-state index contributed by atoms with van der Waals surface area (Å²) in [5, 5.41) is 22.4. The van der Waals surface area contributed by atoms with Crippen molar-refractivity contribution in [1.29, 1.82) is 0 Å². The normalized spacial score (nSPS) is 42.4. The summed E-state index contributed by atoms with van der Waals surface area (Å²) in [6.45, 7) is 9.54. The van der Waals surface area contributed by atoms with Gasteiger partial charge in [-0.1, -0.05) is 43.2 Å². The predicted molar refractivity (Wildman–Crippen MR) is 136 cm³/mol. The molecule has 0 unspecified atom stereocenters. The van der Waals surface area contributed by atoms with Crippen molar-refractivity contribution >= 4 is 5.82 Å². The zero-order valence-electron chi connectivity index (χ0n) is 20.9. The van der Waals surface area contributed by atoms with Crippen LogP contribution in [0.1, 0.15) is 58.8 Å². The molecule has 5 nitrogen and oxygen atoms in total. The molecule has 0 aromatic carbocycles. The topological polar surface area (TPSA) is 59.8 Å². The van der Waals surface area contributed by atoms with Crippen molar-refractivity contribution in [2.45, 2.75) is 70.5 Å². The molecule has 5 aliphatic rings. The summed E-state index contributed by atoms with van der Waals surface area (Å²) in [5.74, 6) is 2.13. The highest BCUT2D eigenvalue weighted by atomic mass is 16.3. The summed E-state index contributed by atoms with van der Waals surface area (Å²) in [6, 6.07) is 6.12. The minimum atomic E-state index is -0.621. The monoisotopic (exact) mass is 463 g/mol. The van der Waals surface area contributed by atoms with Crippen LogP contribution in [0.5, 0.6) is 0 Å². The van der Waals surface area contributed by atoms with E-state index in [1.165, 1.54) is 12.0 Å². The van der Waals surface area contributed by atoms with E-state index in [0.29, 0.717) is 11.8 Å². The highest BCUT2D eigenvalue weighted by molar-refractivity contribution is 5.40. The Labute approximate surface area is 204 Å². The largest absolute Gasteiger partial charge is 0.393 e. The lowest BCUT2D eigenvalue weighted by Gasteiger charge is -2.56. The van der Waals surface area contributed by atoms with Gasteiger partial charge in [-0.05, 0) is 74.3 Å². The van der Waals surface area contributed by atoms with Crippen LogP contribution < -0.4 is 4.90 Å². The lowest BCUT2D eigenvalue weighted by Crippen LogP contribution is -2.58. The molecule has 2 heterocycles. The fraction of sp³-hybridized carbons (Fsp3) is 0.690. The first kappa shape index (κ1) is 22.8. The number of nitrogens with zero attached hydrogens (tertiary/aromatic N) is 3. The van der Waals surface area contributed by atoms with Crippen molar-refractivity contribution in [2.24, 2.45) is 22.7 Å². The summed E-state index contributed by atoms with van der Waals surface area (Å²) in [7, 11) is 0. The second-order valence-electron chi connectivity index (χ2n) is 12.3. The Balaban J connectivity index is 1.18. The number of allylic oxidation sites excluding steroid dienone is 3. The second kappa shape index (κ2) is 8.18. The van der Waals surface area contributed by atoms with Gasteiger partial charge in [0.15, 0.2) is 0 Å². The van der Waals surface area contributed by atoms with Crippen LogP contribution in [-0.2, 0) is 0 Å². The minimum absolute atomic E-state index is 0.0522. The third-order valence-corrected chi connectivity index (χ3v) is 10.7. The molecule has 0 radical (unpaired) electrons. The third-order valence-electron chi connectivity index (χ3n) is 10.7. The molecule has 184 valence electrons. The van der Waals surface area contributed by atoms with E-state index >= 15 is 0 Å². The average Bonchev–Trinajstić information content (AvgIpc) is 3.11. The molecule has 4 aliphatic carbocycles. The molecule has 0 amide bonds. The number of rotatable bonds is 3. The number of fused-ring (bicyclic) bond motifs is 5. The number of aromatic nitrogens is 1. The Hall–Kier alpha value is -1.69. The van der Waals surface area contributed by atoms with Gasteiger partial charge in [0.1, 0.15) is 5.82 Å². The quantitative estimate of drug-likeness (QED) is 0.704.